The van der Waals surface area contributed by atoms with Gasteiger partial charge in [0.05, 0.1) is 5.69 Å². The lowest BCUT2D eigenvalue weighted by atomic mass is 10.2. The third-order valence-electron chi connectivity index (χ3n) is 7.00. The zero-order valence-electron chi connectivity index (χ0n) is 25.1. The fraction of sp³-hybridized carbons (Fsp3) is 0. The number of rotatable bonds is 5. The van der Waals surface area contributed by atoms with Crippen LogP contribution in [0.5, 0.6) is 0 Å². The van der Waals surface area contributed by atoms with Gasteiger partial charge in [0.1, 0.15) is 11.2 Å². The van der Waals surface area contributed by atoms with Crippen LogP contribution in [0, 0.1) is 0 Å². The van der Waals surface area contributed by atoms with Gasteiger partial charge in [-0.15, -0.1) is 0 Å². The van der Waals surface area contributed by atoms with Gasteiger partial charge in [0, 0.05) is 43.9 Å². The number of fused-ring (bicyclic) bond motifs is 2. The highest BCUT2D eigenvalue weighted by Gasteiger charge is 2.16. The molecular weight excluding hydrogens is 691 g/mol. The first-order chi connectivity index (χ1) is 23.0. The smallest absolute Gasteiger partial charge is 0.205 e. The molecule has 6 aromatic carbocycles. The Morgan fingerprint density at radius 2 is 1.00 bits per heavy atom. The molecule has 47 heavy (non-hydrogen) atoms. The highest BCUT2D eigenvalue weighted by Crippen LogP contribution is 2.38. The van der Waals surface area contributed by atoms with Crippen molar-refractivity contribution in [2.45, 2.75) is 0 Å². The molecule has 0 fully saturated rings. The normalized spacial score (nSPS) is 10.4. The Morgan fingerprint density at radius 1 is 0.468 bits per heavy atom. The first kappa shape index (κ1) is 32.0. The monoisotopic (exact) mass is 718 g/mol. The lowest BCUT2D eigenvalue weighted by molar-refractivity contribution is 0.587. The van der Waals surface area contributed by atoms with Crippen LogP contribution in [0.4, 0.5) is 28.6 Å². The highest BCUT2D eigenvalue weighted by atomic mass is 79.9. The molecule has 0 amide bonds. The summed E-state index contributed by atoms with van der Waals surface area (Å²) in [6.45, 7) is 0. The molecule has 8 aromatic rings. The number of nitrogens with one attached hydrogen (secondary N) is 1. The standard InChI is InChI=1S/C20H14ClNO.C12H10ClN.C8H5BrO/c21-16-8-6-11-18(14-16)22(17-9-2-1-3-10-17)20-13-15-7-4-5-12-19(15)23-20;13-10-5-4-8-12(9-10)14-11-6-2-1-3-7-11;9-8-5-6-3-1-2-4-7(6)10-8/h1-14H;1-9,14H;1-5H. The minimum Gasteiger partial charge on any atom is -0.449 e. The van der Waals surface area contributed by atoms with Crippen molar-refractivity contribution in [2.24, 2.45) is 0 Å². The van der Waals surface area contributed by atoms with Crippen molar-refractivity contribution in [1.29, 1.82) is 0 Å². The van der Waals surface area contributed by atoms with E-state index < -0.39 is 0 Å². The summed E-state index contributed by atoms with van der Waals surface area (Å²) in [6, 6.07) is 55.5. The van der Waals surface area contributed by atoms with E-state index in [1.807, 2.05) is 170 Å². The van der Waals surface area contributed by atoms with Gasteiger partial charge in [-0.05, 0) is 94.8 Å². The van der Waals surface area contributed by atoms with Crippen molar-refractivity contribution < 1.29 is 8.83 Å². The number of benzene rings is 6. The van der Waals surface area contributed by atoms with E-state index in [9.17, 15) is 0 Å². The van der Waals surface area contributed by atoms with E-state index in [2.05, 4.69) is 26.1 Å². The molecule has 0 bridgehead atoms. The molecule has 0 saturated carbocycles. The predicted octanol–water partition coefficient (Wildman–Crippen LogP) is 13.8. The summed E-state index contributed by atoms with van der Waals surface area (Å²) in [5.41, 5.74) is 5.84. The Balaban J connectivity index is 0.000000136. The number of hydrogen-bond acceptors (Lipinski definition) is 4. The van der Waals surface area contributed by atoms with Gasteiger partial charge in [0.15, 0.2) is 4.67 Å². The molecule has 0 saturated heterocycles. The van der Waals surface area contributed by atoms with Crippen LogP contribution < -0.4 is 10.2 Å². The summed E-state index contributed by atoms with van der Waals surface area (Å²) < 4.78 is 12.1. The predicted molar refractivity (Wildman–Crippen MR) is 201 cm³/mol. The molecule has 232 valence electrons. The summed E-state index contributed by atoms with van der Waals surface area (Å²) in [5, 5.41) is 6.90. The van der Waals surface area contributed by atoms with Gasteiger partial charge in [-0.2, -0.15) is 0 Å². The Morgan fingerprint density at radius 3 is 1.64 bits per heavy atom. The van der Waals surface area contributed by atoms with E-state index in [1.54, 1.807) is 0 Å². The second-order valence-corrected chi connectivity index (χ2v) is 12.0. The Bertz CT molecular complexity index is 2120. The van der Waals surface area contributed by atoms with Crippen LogP contribution in [0.15, 0.2) is 183 Å². The van der Waals surface area contributed by atoms with Gasteiger partial charge >= 0.3 is 0 Å². The molecule has 7 heteroatoms. The average molecular weight is 720 g/mol. The van der Waals surface area contributed by atoms with Gasteiger partial charge in [-0.3, -0.25) is 4.90 Å². The first-order valence-electron chi connectivity index (χ1n) is 14.8. The molecule has 0 radical (unpaired) electrons. The van der Waals surface area contributed by atoms with Crippen LogP contribution in [0.1, 0.15) is 0 Å². The number of nitrogens with zero attached hydrogens (tertiary/aromatic N) is 1. The molecular formula is C40H29BrCl2N2O2. The average Bonchev–Trinajstić information content (AvgIpc) is 3.69. The Hall–Kier alpha value is -4.94. The summed E-state index contributed by atoms with van der Waals surface area (Å²) in [6.07, 6.45) is 0. The van der Waals surface area contributed by atoms with E-state index in [4.69, 9.17) is 32.0 Å². The van der Waals surface area contributed by atoms with Crippen LogP contribution in [0.3, 0.4) is 0 Å². The molecule has 0 aliphatic carbocycles. The van der Waals surface area contributed by atoms with E-state index in [1.165, 1.54) is 0 Å². The molecule has 0 spiro atoms. The second kappa shape index (κ2) is 15.6. The molecule has 2 heterocycles. The maximum atomic E-state index is 6.19. The van der Waals surface area contributed by atoms with E-state index in [0.717, 1.165) is 60.3 Å². The number of para-hydroxylation sites is 4. The van der Waals surface area contributed by atoms with Gasteiger partial charge in [0.2, 0.25) is 5.88 Å². The first-order valence-corrected chi connectivity index (χ1v) is 16.4. The summed E-state index contributed by atoms with van der Waals surface area (Å²) in [4.78, 5) is 2.06. The number of anilines is 5. The van der Waals surface area contributed by atoms with Crippen LogP contribution in [0.2, 0.25) is 10.0 Å². The fourth-order valence-corrected chi connectivity index (χ4v) is 5.67. The zero-order chi connectivity index (χ0) is 32.4. The minimum atomic E-state index is 0.694. The van der Waals surface area contributed by atoms with E-state index >= 15 is 0 Å². The van der Waals surface area contributed by atoms with Crippen molar-refractivity contribution in [2.75, 3.05) is 10.2 Å². The largest absolute Gasteiger partial charge is 0.449 e. The number of halogens is 3. The van der Waals surface area contributed by atoms with Crippen LogP contribution in [-0.4, -0.2) is 0 Å². The second-order valence-electron chi connectivity index (χ2n) is 10.4. The third kappa shape index (κ3) is 8.66. The summed E-state index contributed by atoms with van der Waals surface area (Å²) in [7, 11) is 0. The van der Waals surface area contributed by atoms with Gasteiger partial charge in [-0.25, -0.2) is 0 Å². The molecule has 8 rings (SSSR count). The lowest BCUT2D eigenvalue weighted by Crippen LogP contribution is -2.08. The van der Waals surface area contributed by atoms with Crippen molar-refractivity contribution in [3.8, 4) is 0 Å². The highest BCUT2D eigenvalue weighted by molar-refractivity contribution is 9.10. The lowest BCUT2D eigenvalue weighted by Gasteiger charge is -2.22. The molecule has 2 aromatic heterocycles. The van der Waals surface area contributed by atoms with Crippen LogP contribution in [-0.2, 0) is 0 Å². The number of furan rings is 2. The molecule has 4 nitrogen and oxygen atoms in total. The van der Waals surface area contributed by atoms with Crippen LogP contribution in [0.25, 0.3) is 21.9 Å². The van der Waals surface area contributed by atoms with E-state index in [0.29, 0.717) is 5.02 Å². The minimum absolute atomic E-state index is 0.694. The van der Waals surface area contributed by atoms with Crippen LogP contribution >= 0.6 is 39.1 Å². The maximum absolute atomic E-state index is 6.19. The Kier molecular flexibility index (Phi) is 10.6. The van der Waals surface area contributed by atoms with E-state index in [-0.39, 0.29) is 0 Å². The Labute approximate surface area is 291 Å². The topological polar surface area (TPSA) is 41.6 Å². The maximum Gasteiger partial charge on any atom is 0.205 e. The third-order valence-corrected chi connectivity index (χ3v) is 7.86. The molecule has 1 N–H and O–H groups in total. The quantitative estimate of drug-likeness (QED) is 0.192. The van der Waals surface area contributed by atoms with Gasteiger partial charge in [-0.1, -0.05) is 108 Å². The molecule has 0 aliphatic rings. The van der Waals surface area contributed by atoms with Crippen molar-refractivity contribution >= 4 is 89.7 Å². The van der Waals surface area contributed by atoms with Crippen molar-refractivity contribution in [3.63, 3.8) is 0 Å². The van der Waals surface area contributed by atoms with Crippen molar-refractivity contribution in [1.82, 2.24) is 0 Å². The van der Waals surface area contributed by atoms with Crippen molar-refractivity contribution in [3.05, 3.63) is 185 Å². The molecule has 0 atom stereocenters. The summed E-state index contributed by atoms with van der Waals surface area (Å²) in [5.74, 6) is 0.764. The zero-order valence-corrected chi connectivity index (χ0v) is 28.2. The van der Waals surface area contributed by atoms with Gasteiger partial charge < -0.3 is 14.2 Å². The number of hydrogen-bond donors (Lipinski definition) is 1. The van der Waals surface area contributed by atoms with Gasteiger partial charge in [0.25, 0.3) is 0 Å². The SMILES string of the molecule is Brc1cc2ccccc2o1.Clc1cccc(N(c2ccccc2)c2cc3ccccc3o2)c1.Clc1cccc(Nc2ccccc2)c1. The fourth-order valence-electron chi connectivity index (χ4n) is 4.88. The summed E-state index contributed by atoms with van der Waals surface area (Å²) >= 11 is 15.3. The molecule has 0 unspecified atom stereocenters. The molecule has 0 aliphatic heterocycles.